The van der Waals surface area contributed by atoms with Crippen LogP contribution in [0.1, 0.15) is 10.4 Å². The summed E-state index contributed by atoms with van der Waals surface area (Å²) in [6, 6.07) is 2.92. The normalized spacial score (nSPS) is 10.3. The van der Waals surface area contributed by atoms with Crippen LogP contribution in [0.15, 0.2) is 18.5 Å². The van der Waals surface area contributed by atoms with E-state index in [9.17, 15) is 4.79 Å². The van der Waals surface area contributed by atoms with Gasteiger partial charge in [-0.1, -0.05) is 34.8 Å². The van der Waals surface area contributed by atoms with Crippen LogP contribution in [0.2, 0.25) is 13.8 Å². The predicted octanol–water partition coefficient (Wildman–Crippen LogP) is 3.75. The number of carbonyl (C=O) groups is 1. The molecule has 0 spiro atoms. The van der Waals surface area contributed by atoms with Gasteiger partial charge in [0.15, 0.2) is 0 Å². The van der Waals surface area contributed by atoms with E-state index in [0.29, 0.717) is 20.1 Å². The van der Waals surface area contributed by atoms with Gasteiger partial charge >= 0.3 is 0 Å². The van der Waals surface area contributed by atoms with Crippen molar-refractivity contribution in [2.45, 2.75) is 0 Å². The average Bonchev–Trinajstić information content (AvgIpc) is 2.58. The highest BCUT2D eigenvalue weighted by Gasteiger charge is 2.14. The Bertz CT molecular complexity index is 572. The fourth-order valence-corrected chi connectivity index (χ4v) is 2.69. The van der Waals surface area contributed by atoms with Crippen molar-refractivity contribution in [2.75, 3.05) is 5.32 Å². The lowest BCUT2D eigenvalue weighted by atomic mass is 10.3. The van der Waals surface area contributed by atoms with Crippen molar-refractivity contribution in [2.24, 2.45) is 0 Å². The third kappa shape index (κ3) is 3.07. The van der Waals surface area contributed by atoms with E-state index in [-0.39, 0.29) is 5.15 Å². The summed E-state index contributed by atoms with van der Waals surface area (Å²) in [5.41, 5.74) is 0.302. The lowest BCUT2D eigenvalue weighted by Gasteiger charge is -2.02. The molecule has 0 unspecified atom stereocenters. The van der Waals surface area contributed by atoms with Crippen LogP contribution < -0.4 is 5.32 Å². The smallest absolute Gasteiger partial charge is 0.259 e. The van der Waals surface area contributed by atoms with E-state index in [0.717, 1.165) is 11.3 Å². The molecule has 0 radical (unpaired) electrons. The molecule has 8 heteroatoms. The van der Waals surface area contributed by atoms with Crippen molar-refractivity contribution in [1.29, 1.82) is 0 Å². The first kappa shape index (κ1) is 12.6. The maximum atomic E-state index is 11.8. The number of hydrogen-bond acceptors (Lipinski definition) is 4. The lowest BCUT2D eigenvalue weighted by molar-refractivity contribution is 0.102. The molecule has 0 aliphatic carbocycles. The maximum Gasteiger partial charge on any atom is 0.259 e. The van der Waals surface area contributed by atoms with Crippen molar-refractivity contribution < 1.29 is 4.79 Å². The number of carbonyl (C=O) groups excluding carboxylic acids is 1. The first-order valence-corrected chi connectivity index (χ1v) is 6.25. The molecule has 1 amide bonds. The van der Waals surface area contributed by atoms with Gasteiger partial charge in [0.25, 0.3) is 5.91 Å². The number of hydrogen-bond donors (Lipinski definition) is 1. The largest absolute Gasteiger partial charge is 0.306 e. The van der Waals surface area contributed by atoms with Crippen LogP contribution in [-0.4, -0.2) is 15.9 Å². The van der Waals surface area contributed by atoms with E-state index < -0.39 is 5.91 Å². The van der Waals surface area contributed by atoms with Gasteiger partial charge in [-0.05, 0) is 6.07 Å². The topological polar surface area (TPSA) is 54.9 Å². The Morgan fingerprint density at radius 1 is 1.24 bits per heavy atom. The molecule has 0 aliphatic heterocycles. The van der Waals surface area contributed by atoms with Gasteiger partial charge in [0.1, 0.15) is 21.6 Å². The summed E-state index contributed by atoms with van der Waals surface area (Å²) in [6.45, 7) is 0. The molecule has 1 N–H and O–H groups in total. The van der Waals surface area contributed by atoms with Gasteiger partial charge in [-0.2, -0.15) is 0 Å². The van der Waals surface area contributed by atoms with E-state index in [1.165, 1.54) is 18.5 Å². The van der Waals surface area contributed by atoms with Crippen LogP contribution >= 0.6 is 46.1 Å². The zero-order valence-electron chi connectivity index (χ0n) is 8.08. The van der Waals surface area contributed by atoms with Gasteiger partial charge in [0.05, 0.1) is 9.90 Å². The van der Waals surface area contributed by atoms with Crippen LogP contribution in [-0.2, 0) is 0 Å². The quantitative estimate of drug-likeness (QED) is 0.860. The van der Waals surface area contributed by atoms with Crippen molar-refractivity contribution in [3.8, 4) is 0 Å². The van der Waals surface area contributed by atoms with E-state index in [1.807, 2.05) is 0 Å². The minimum atomic E-state index is -0.395. The van der Waals surface area contributed by atoms with E-state index >= 15 is 0 Å². The summed E-state index contributed by atoms with van der Waals surface area (Å²) in [5.74, 6) is -0.0960. The highest BCUT2D eigenvalue weighted by molar-refractivity contribution is 7.20. The Morgan fingerprint density at radius 2 is 2.00 bits per heavy atom. The zero-order valence-corrected chi connectivity index (χ0v) is 11.2. The molecule has 2 rings (SSSR count). The second kappa shape index (κ2) is 5.18. The molecule has 0 bridgehead atoms. The second-order valence-corrected chi connectivity index (χ2v) is 5.59. The standard InChI is InChI=1S/C9H4Cl3N3OS/c10-5-2-7(14-3-13-5)15-9(16)4-1-6(11)17-8(4)12/h1-3H,(H,13,14,15,16). The maximum absolute atomic E-state index is 11.8. The monoisotopic (exact) mass is 307 g/mol. The number of thiophene rings is 1. The van der Waals surface area contributed by atoms with Gasteiger partial charge in [-0.25, -0.2) is 9.97 Å². The van der Waals surface area contributed by atoms with Crippen LogP contribution in [0.5, 0.6) is 0 Å². The summed E-state index contributed by atoms with van der Waals surface area (Å²) in [4.78, 5) is 19.3. The van der Waals surface area contributed by atoms with E-state index in [1.54, 1.807) is 0 Å². The van der Waals surface area contributed by atoms with Gasteiger partial charge < -0.3 is 5.32 Å². The Labute approximate surface area is 116 Å². The predicted molar refractivity (Wildman–Crippen MR) is 69.3 cm³/mol. The number of nitrogens with zero attached hydrogens (tertiary/aromatic N) is 2. The van der Waals surface area contributed by atoms with Crippen molar-refractivity contribution in [3.63, 3.8) is 0 Å². The molecule has 2 aromatic heterocycles. The molecule has 2 aromatic rings. The Kier molecular flexibility index (Phi) is 3.83. The molecule has 17 heavy (non-hydrogen) atoms. The fourth-order valence-electron chi connectivity index (χ4n) is 1.08. The molecular formula is C9H4Cl3N3OS. The molecule has 0 aliphatic rings. The number of aromatic nitrogens is 2. The first-order valence-electron chi connectivity index (χ1n) is 4.30. The Hall–Kier alpha value is -0.880. The molecule has 0 atom stereocenters. The summed E-state index contributed by atoms with van der Waals surface area (Å²) >= 11 is 18.4. The van der Waals surface area contributed by atoms with E-state index in [2.05, 4.69) is 15.3 Å². The number of rotatable bonds is 2. The molecule has 0 fully saturated rings. The zero-order chi connectivity index (χ0) is 12.4. The third-order valence-corrected chi connectivity index (χ3v) is 3.47. The molecule has 0 aromatic carbocycles. The van der Waals surface area contributed by atoms with E-state index in [4.69, 9.17) is 34.8 Å². The van der Waals surface area contributed by atoms with Gasteiger partial charge in [-0.15, -0.1) is 11.3 Å². The van der Waals surface area contributed by atoms with Crippen molar-refractivity contribution in [1.82, 2.24) is 9.97 Å². The van der Waals surface area contributed by atoms with Crippen molar-refractivity contribution in [3.05, 3.63) is 37.8 Å². The molecule has 88 valence electrons. The SMILES string of the molecule is O=C(Nc1cc(Cl)ncn1)c1cc(Cl)sc1Cl. The average molecular weight is 309 g/mol. The summed E-state index contributed by atoms with van der Waals surface area (Å²) in [5, 5.41) is 2.78. The number of nitrogens with one attached hydrogen (secondary N) is 1. The van der Waals surface area contributed by atoms with Gasteiger partial charge in [0.2, 0.25) is 0 Å². The minimum Gasteiger partial charge on any atom is -0.306 e. The third-order valence-electron chi connectivity index (χ3n) is 1.78. The molecule has 4 nitrogen and oxygen atoms in total. The molecular weight excluding hydrogens is 305 g/mol. The Balaban J connectivity index is 2.20. The highest BCUT2D eigenvalue weighted by Crippen LogP contribution is 2.31. The van der Waals surface area contributed by atoms with Crippen LogP contribution in [0, 0.1) is 0 Å². The molecule has 2 heterocycles. The second-order valence-electron chi connectivity index (χ2n) is 2.92. The van der Waals surface area contributed by atoms with Crippen molar-refractivity contribution >= 4 is 57.9 Å². The lowest BCUT2D eigenvalue weighted by Crippen LogP contribution is -2.12. The Morgan fingerprint density at radius 3 is 2.59 bits per heavy atom. The number of amides is 1. The van der Waals surface area contributed by atoms with Crippen LogP contribution in [0.25, 0.3) is 0 Å². The number of halogens is 3. The molecule has 0 saturated heterocycles. The van der Waals surface area contributed by atoms with Gasteiger partial charge in [0, 0.05) is 6.07 Å². The molecule has 0 saturated carbocycles. The summed E-state index contributed by atoms with van der Waals surface area (Å²) in [6.07, 6.45) is 1.25. The van der Waals surface area contributed by atoms with Gasteiger partial charge in [-0.3, -0.25) is 4.79 Å². The summed E-state index contributed by atoms with van der Waals surface area (Å²) < 4.78 is 0.772. The fraction of sp³-hybridized carbons (Fsp3) is 0. The minimum absolute atomic E-state index is 0.241. The van der Waals surface area contributed by atoms with Crippen LogP contribution in [0.3, 0.4) is 0 Å². The number of anilines is 1. The first-order chi connectivity index (χ1) is 8.06. The van der Waals surface area contributed by atoms with Crippen LogP contribution in [0.4, 0.5) is 5.82 Å². The highest BCUT2D eigenvalue weighted by atomic mass is 35.5. The summed E-state index contributed by atoms with van der Waals surface area (Å²) in [7, 11) is 0.